The molecule has 10 heteroatoms. The molecule has 4 rings (SSSR count). The van der Waals surface area contributed by atoms with Gasteiger partial charge in [0.2, 0.25) is 0 Å². The summed E-state index contributed by atoms with van der Waals surface area (Å²) in [5.41, 5.74) is 1.32. The molecule has 2 aromatic rings. The average Bonchev–Trinajstić information content (AvgIpc) is 3.33. The number of rotatable bonds is 5. The summed E-state index contributed by atoms with van der Waals surface area (Å²) in [6, 6.07) is 7.66. The SMILES string of the molecule is COC(=O)C1CN(C(=O)OC(C)(C)C)CCC1c1ccc(N2CC[C@@H](Oc3c(Cl)cc(C)cc3Cl)C2)nc1. The third-order valence-corrected chi connectivity index (χ3v) is 7.42. The van der Waals surface area contributed by atoms with Gasteiger partial charge in [-0.25, -0.2) is 9.78 Å². The van der Waals surface area contributed by atoms with Crippen LogP contribution in [0.2, 0.25) is 10.0 Å². The smallest absolute Gasteiger partial charge is 0.410 e. The summed E-state index contributed by atoms with van der Waals surface area (Å²) < 4.78 is 16.7. The number of likely N-dealkylation sites (tertiary alicyclic amines) is 1. The van der Waals surface area contributed by atoms with Crippen molar-refractivity contribution in [2.75, 3.05) is 38.2 Å². The van der Waals surface area contributed by atoms with Crippen molar-refractivity contribution in [2.45, 2.75) is 58.2 Å². The van der Waals surface area contributed by atoms with Crippen LogP contribution in [0.3, 0.4) is 0 Å². The first-order valence-corrected chi connectivity index (χ1v) is 13.6. The van der Waals surface area contributed by atoms with Gasteiger partial charge in [-0.1, -0.05) is 29.3 Å². The van der Waals surface area contributed by atoms with Gasteiger partial charge in [-0.15, -0.1) is 0 Å². The first-order valence-electron chi connectivity index (χ1n) is 12.8. The topological polar surface area (TPSA) is 81.2 Å². The van der Waals surface area contributed by atoms with Gasteiger partial charge in [0.25, 0.3) is 0 Å². The molecule has 2 aliphatic heterocycles. The monoisotopic (exact) mass is 563 g/mol. The van der Waals surface area contributed by atoms with Crippen molar-refractivity contribution in [3.05, 3.63) is 51.6 Å². The summed E-state index contributed by atoms with van der Waals surface area (Å²) in [7, 11) is 1.37. The molecule has 2 saturated heterocycles. The van der Waals surface area contributed by atoms with E-state index < -0.39 is 17.6 Å². The van der Waals surface area contributed by atoms with Crippen LogP contribution in [-0.4, -0.2) is 66.9 Å². The molecule has 0 N–H and O–H groups in total. The fraction of sp³-hybridized carbons (Fsp3) is 0.536. The summed E-state index contributed by atoms with van der Waals surface area (Å²) in [4.78, 5) is 33.7. The number of aromatic nitrogens is 1. The van der Waals surface area contributed by atoms with Crippen molar-refractivity contribution in [1.82, 2.24) is 9.88 Å². The van der Waals surface area contributed by atoms with Gasteiger partial charge in [-0.3, -0.25) is 4.79 Å². The van der Waals surface area contributed by atoms with E-state index in [2.05, 4.69) is 4.90 Å². The fourth-order valence-electron chi connectivity index (χ4n) is 5.04. The number of methoxy groups -OCH3 is 1. The summed E-state index contributed by atoms with van der Waals surface area (Å²) >= 11 is 12.7. The van der Waals surface area contributed by atoms with Gasteiger partial charge in [-0.05, 0) is 63.4 Å². The number of carbonyl (C=O) groups excluding carboxylic acids is 2. The number of ether oxygens (including phenoxy) is 3. The number of amides is 1. The molecule has 38 heavy (non-hydrogen) atoms. The van der Waals surface area contributed by atoms with Crippen LogP contribution in [0.15, 0.2) is 30.5 Å². The Labute approximate surface area is 234 Å². The Kier molecular flexibility index (Phi) is 8.62. The lowest BCUT2D eigenvalue weighted by Gasteiger charge is -2.37. The van der Waals surface area contributed by atoms with Crippen molar-refractivity contribution >= 4 is 41.1 Å². The van der Waals surface area contributed by atoms with Gasteiger partial charge in [-0.2, -0.15) is 0 Å². The number of halogens is 2. The van der Waals surface area contributed by atoms with E-state index in [-0.39, 0.29) is 24.5 Å². The van der Waals surface area contributed by atoms with Gasteiger partial charge in [0.05, 0.1) is 29.6 Å². The lowest BCUT2D eigenvalue weighted by molar-refractivity contribution is -0.148. The molecule has 2 unspecified atom stereocenters. The summed E-state index contributed by atoms with van der Waals surface area (Å²) in [6.07, 6.45) is 2.77. The van der Waals surface area contributed by atoms with Crippen LogP contribution in [-0.2, 0) is 14.3 Å². The van der Waals surface area contributed by atoms with Crippen molar-refractivity contribution in [3.8, 4) is 5.75 Å². The second-order valence-electron chi connectivity index (χ2n) is 10.9. The number of benzene rings is 1. The highest BCUT2D eigenvalue weighted by Gasteiger charge is 2.39. The molecular formula is C28H35Cl2N3O5. The van der Waals surface area contributed by atoms with Crippen LogP contribution in [0.25, 0.3) is 0 Å². The van der Waals surface area contributed by atoms with Gasteiger partial charge >= 0.3 is 12.1 Å². The zero-order valence-corrected chi connectivity index (χ0v) is 24.0. The van der Waals surface area contributed by atoms with Crippen molar-refractivity contribution in [1.29, 1.82) is 0 Å². The van der Waals surface area contributed by atoms with E-state index in [4.69, 9.17) is 42.4 Å². The largest absolute Gasteiger partial charge is 0.485 e. The molecule has 8 nitrogen and oxygen atoms in total. The number of carbonyl (C=O) groups is 2. The maximum absolute atomic E-state index is 12.7. The lowest BCUT2D eigenvalue weighted by atomic mass is 9.81. The molecule has 0 aliphatic carbocycles. The molecule has 0 saturated carbocycles. The molecule has 3 atom stereocenters. The quantitative estimate of drug-likeness (QED) is 0.421. The molecule has 1 aromatic carbocycles. The normalized spacial score (nSPS) is 21.8. The lowest BCUT2D eigenvalue weighted by Crippen LogP contribution is -2.47. The van der Waals surface area contributed by atoms with E-state index in [1.165, 1.54) is 7.11 Å². The number of hydrogen-bond acceptors (Lipinski definition) is 7. The number of nitrogens with zero attached hydrogens (tertiary/aromatic N) is 3. The van der Waals surface area contributed by atoms with E-state index in [1.807, 2.05) is 58.2 Å². The van der Waals surface area contributed by atoms with E-state index in [0.717, 1.165) is 29.9 Å². The van der Waals surface area contributed by atoms with Crippen LogP contribution in [0, 0.1) is 12.8 Å². The first-order chi connectivity index (χ1) is 17.9. The number of piperidine rings is 1. The predicted molar refractivity (Wildman–Crippen MR) is 147 cm³/mol. The zero-order valence-electron chi connectivity index (χ0n) is 22.5. The molecule has 0 radical (unpaired) electrons. The summed E-state index contributed by atoms with van der Waals surface area (Å²) in [6.45, 7) is 9.58. The molecule has 2 fully saturated rings. The highest BCUT2D eigenvalue weighted by Crippen LogP contribution is 2.37. The Balaban J connectivity index is 1.41. The molecule has 3 heterocycles. The van der Waals surface area contributed by atoms with Crippen LogP contribution in [0.5, 0.6) is 5.75 Å². The number of anilines is 1. The van der Waals surface area contributed by atoms with Crippen LogP contribution in [0.4, 0.5) is 10.6 Å². The Morgan fingerprint density at radius 2 is 1.76 bits per heavy atom. The summed E-state index contributed by atoms with van der Waals surface area (Å²) in [5, 5.41) is 1.02. The Morgan fingerprint density at radius 1 is 1.05 bits per heavy atom. The molecule has 206 valence electrons. The van der Waals surface area contributed by atoms with Crippen LogP contribution < -0.4 is 9.64 Å². The zero-order chi connectivity index (χ0) is 27.6. The van der Waals surface area contributed by atoms with Crippen molar-refractivity contribution in [3.63, 3.8) is 0 Å². The number of hydrogen-bond donors (Lipinski definition) is 0. The molecule has 0 spiro atoms. The van der Waals surface area contributed by atoms with Crippen LogP contribution in [0.1, 0.15) is 50.7 Å². The third-order valence-electron chi connectivity index (χ3n) is 6.86. The van der Waals surface area contributed by atoms with Gasteiger partial charge < -0.3 is 24.0 Å². The van der Waals surface area contributed by atoms with Gasteiger partial charge in [0.15, 0.2) is 5.75 Å². The standard InChI is InChI=1S/C28H35Cl2N3O5/c1-17-12-22(29)25(23(30)13-17)37-19-8-10-32(15-19)24-7-6-18(14-31-24)20-9-11-33(16-21(20)26(34)36-5)27(35)38-28(2,3)4/h6-7,12-14,19-21H,8-11,15-16H2,1-5H3/t19-,20?,21?/m1/s1. The second-order valence-corrected chi connectivity index (χ2v) is 11.7. The number of aryl methyl sites for hydroxylation is 1. The Bertz CT molecular complexity index is 1150. The maximum atomic E-state index is 12.7. The van der Waals surface area contributed by atoms with Gasteiger partial charge in [0.1, 0.15) is 17.5 Å². The Morgan fingerprint density at radius 3 is 2.37 bits per heavy atom. The minimum atomic E-state index is -0.604. The van der Waals surface area contributed by atoms with E-state index in [9.17, 15) is 9.59 Å². The molecule has 1 amide bonds. The minimum absolute atomic E-state index is 0.0601. The van der Waals surface area contributed by atoms with Gasteiger partial charge in [0, 0.05) is 38.2 Å². The fourth-order valence-corrected chi connectivity index (χ4v) is 5.72. The molecule has 2 aliphatic rings. The number of esters is 1. The molecule has 0 bridgehead atoms. The van der Waals surface area contributed by atoms with Crippen molar-refractivity contribution < 1.29 is 23.8 Å². The minimum Gasteiger partial charge on any atom is -0.485 e. The van der Waals surface area contributed by atoms with Crippen molar-refractivity contribution in [2.24, 2.45) is 5.92 Å². The average molecular weight is 565 g/mol. The predicted octanol–water partition coefficient (Wildman–Crippen LogP) is 5.87. The Hall–Kier alpha value is -2.71. The highest BCUT2D eigenvalue weighted by atomic mass is 35.5. The highest BCUT2D eigenvalue weighted by molar-refractivity contribution is 6.37. The second kappa shape index (κ2) is 11.6. The third kappa shape index (κ3) is 6.64. The summed E-state index contributed by atoms with van der Waals surface area (Å²) in [5.74, 6) is 0.397. The van der Waals surface area contributed by atoms with Crippen LogP contribution >= 0.6 is 23.2 Å². The van der Waals surface area contributed by atoms with E-state index in [1.54, 1.807) is 4.90 Å². The van der Waals surface area contributed by atoms with E-state index in [0.29, 0.717) is 35.3 Å². The maximum Gasteiger partial charge on any atom is 0.410 e. The molecular weight excluding hydrogens is 529 g/mol. The first kappa shape index (κ1) is 28.3. The number of pyridine rings is 1. The van der Waals surface area contributed by atoms with E-state index >= 15 is 0 Å². The molecule has 1 aromatic heterocycles.